The van der Waals surface area contributed by atoms with E-state index in [-0.39, 0.29) is 37.1 Å². The summed E-state index contributed by atoms with van der Waals surface area (Å²) in [5.41, 5.74) is -0.446. The first-order valence-electron chi connectivity index (χ1n) is 8.93. The van der Waals surface area contributed by atoms with Crippen molar-refractivity contribution < 1.29 is 14.7 Å². The fourth-order valence-electron chi connectivity index (χ4n) is 2.86. The Morgan fingerprint density at radius 3 is 2.92 bits per heavy atom. The lowest BCUT2D eigenvalue weighted by Gasteiger charge is -2.35. The standard InChI is InChI=1S/C17H27N5O4/c1-11(2)4-7-22-8-6-19-17(26)12(22)9-14(23)18-5-3-13-20-15(24)10-16(25)21-13/h10-12H,3-9H2,1-2H3,(H,18,23)(H,19,26)(H2,20,21,24,25)/t12-/m0/s1. The minimum atomic E-state index is -0.457. The van der Waals surface area contributed by atoms with Gasteiger partial charge in [-0.3, -0.25) is 19.3 Å². The number of rotatable bonds is 8. The van der Waals surface area contributed by atoms with Gasteiger partial charge in [-0.15, -0.1) is 0 Å². The highest BCUT2D eigenvalue weighted by Crippen LogP contribution is 2.12. The van der Waals surface area contributed by atoms with Crippen LogP contribution in [-0.4, -0.2) is 64.0 Å². The summed E-state index contributed by atoms with van der Waals surface area (Å²) in [4.78, 5) is 44.0. The van der Waals surface area contributed by atoms with Gasteiger partial charge in [0.05, 0.1) is 18.5 Å². The van der Waals surface area contributed by atoms with Gasteiger partial charge in [0.15, 0.2) is 0 Å². The Labute approximate surface area is 152 Å². The van der Waals surface area contributed by atoms with E-state index in [0.29, 0.717) is 18.3 Å². The van der Waals surface area contributed by atoms with Crippen LogP contribution in [-0.2, 0) is 16.0 Å². The molecule has 144 valence electrons. The van der Waals surface area contributed by atoms with Crippen LogP contribution in [0.25, 0.3) is 0 Å². The number of H-pyrrole nitrogens is 1. The number of amides is 2. The SMILES string of the molecule is CC(C)CCN1CCNC(=O)[C@@H]1CC(=O)NCCc1nc(O)cc(=O)[nH]1. The topological polar surface area (TPSA) is 127 Å². The van der Waals surface area contributed by atoms with E-state index in [9.17, 15) is 19.5 Å². The summed E-state index contributed by atoms with van der Waals surface area (Å²) in [6.45, 7) is 6.65. The van der Waals surface area contributed by atoms with Gasteiger partial charge < -0.3 is 20.7 Å². The van der Waals surface area contributed by atoms with Crippen LogP contribution in [0.15, 0.2) is 10.9 Å². The Hall–Kier alpha value is -2.42. The second-order valence-corrected chi connectivity index (χ2v) is 6.88. The smallest absolute Gasteiger partial charge is 0.254 e. The molecule has 2 amide bonds. The molecule has 1 atom stereocenters. The van der Waals surface area contributed by atoms with Crippen LogP contribution in [0.2, 0.25) is 0 Å². The fourth-order valence-corrected chi connectivity index (χ4v) is 2.86. The van der Waals surface area contributed by atoms with Crippen LogP contribution < -0.4 is 16.2 Å². The Bertz CT molecular complexity index is 688. The fraction of sp³-hybridized carbons (Fsp3) is 0.647. The Balaban J connectivity index is 1.84. The number of hydrogen-bond donors (Lipinski definition) is 4. The molecule has 9 heteroatoms. The number of aromatic amines is 1. The predicted octanol–water partition coefficient (Wildman–Crippen LogP) is -0.629. The van der Waals surface area contributed by atoms with Crippen molar-refractivity contribution >= 4 is 11.8 Å². The number of nitrogens with zero attached hydrogens (tertiary/aromatic N) is 2. The number of aromatic hydroxyl groups is 1. The molecule has 1 saturated heterocycles. The molecule has 0 aromatic carbocycles. The number of nitrogens with one attached hydrogen (secondary N) is 3. The van der Waals surface area contributed by atoms with Gasteiger partial charge in [-0.05, 0) is 18.9 Å². The van der Waals surface area contributed by atoms with E-state index in [1.54, 1.807) is 0 Å². The zero-order valence-electron chi connectivity index (χ0n) is 15.2. The van der Waals surface area contributed by atoms with E-state index in [1.165, 1.54) is 0 Å². The molecular formula is C17H27N5O4. The average Bonchev–Trinajstić information content (AvgIpc) is 2.54. The minimum Gasteiger partial charge on any atom is -0.493 e. The maximum absolute atomic E-state index is 12.2. The number of hydrogen-bond acceptors (Lipinski definition) is 6. The van der Waals surface area contributed by atoms with Crippen molar-refractivity contribution in [3.8, 4) is 5.88 Å². The maximum Gasteiger partial charge on any atom is 0.254 e. The first-order chi connectivity index (χ1) is 12.3. The molecule has 2 heterocycles. The molecule has 0 radical (unpaired) electrons. The monoisotopic (exact) mass is 365 g/mol. The number of piperazine rings is 1. The quantitative estimate of drug-likeness (QED) is 0.486. The molecule has 26 heavy (non-hydrogen) atoms. The molecule has 0 unspecified atom stereocenters. The lowest BCUT2D eigenvalue weighted by Crippen LogP contribution is -2.56. The highest BCUT2D eigenvalue weighted by atomic mass is 16.3. The van der Waals surface area contributed by atoms with Crippen molar-refractivity contribution in [3.05, 3.63) is 22.2 Å². The summed E-state index contributed by atoms with van der Waals surface area (Å²) in [5.74, 6) is 0.128. The summed E-state index contributed by atoms with van der Waals surface area (Å²) in [7, 11) is 0. The van der Waals surface area contributed by atoms with Gasteiger partial charge >= 0.3 is 0 Å². The molecule has 2 rings (SSSR count). The molecule has 9 nitrogen and oxygen atoms in total. The summed E-state index contributed by atoms with van der Waals surface area (Å²) < 4.78 is 0. The van der Waals surface area contributed by atoms with Crippen molar-refractivity contribution in [2.45, 2.75) is 39.2 Å². The van der Waals surface area contributed by atoms with Crippen LogP contribution in [0, 0.1) is 5.92 Å². The van der Waals surface area contributed by atoms with Crippen LogP contribution in [0.1, 0.15) is 32.5 Å². The first-order valence-corrected chi connectivity index (χ1v) is 8.93. The zero-order chi connectivity index (χ0) is 19.1. The average molecular weight is 365 g/mol. The summed E-state index contributed by atoms with van der Waals surface area (Å²) in [6, 6.07) is 0.524. The van der Waals surface area contributed by atoms with E-state index in [0.717, 1.165) is 25.6 Å². The summed E-state index contributed by atoms with van der Waals surface area (Å²) in [6.07, 6.45) is 1.35. The van der Waals surface area contributed by atoms with Gasteiger partial charge in [0, 0.05) is 26.1 Å². The van der Waals surface area contributed by atoms with E-state index >= 15 is 0 Å². The normalized spacial score (nSPS) is 18.0. The summed E-state index contributed by atoms with van der Waals surface area (Å²) in [5, 5.41) is 14.8. The third-order valence-electron chi connectivity index (χ3n) is 4.28. The summed E-state index contributed by atoms with van der Waals surface area (Å²) >= 11 is 0. The molecular weight excluding hydrogens is 338 g/mol. The van der Waals surface area contributed by atoms with Gasteiger partial charge in [0.2, 0.25) is 17.7 Å². The van der Waals surface area contributed by atoms with Crippen LogP contribution in [0.5, 0.6) is 5.88 Å². The molecule has 0 saturated carbocycles. The first kappa shape index (κ1) is 19.9. The second-order valence-electron chi connectivity index (χ2n) is 6.88. The molecule has 1 aliphatic heterocycles. The van der Waals surface area contributed by atoms with Crippen LogP contribution in [0.3, 0.4) is 0 Å². The van der Waals surface area contributed by atoms with Crippen molar-refractivity contribution in [1.82, 2.24) is 25.5 Å². The van der Waals surface area contributed by atoms with Crippen LogP contribution in [0.4, 0.5) is 0 Å². The molecule has 1 fully saturated rings. The van der Waals surface area contributed by atoms with Crippen molar-refractivity contribution in [1.29, 1.82) is 0 Å². The number of carbonyl (C=O) groups excluding carboxylic acids is 2. The molecule has 4 N–H and O–H groups in total. The largest absolute Gasteiger partial charge is 0.493 e. The Kier molecular flexibility index (Phi) is 7.14. The molecule has 1 aliphatic rings. The molecule has 0 spiro atoms. The third kappa shape index (κ3) is 6.14. The second kappa shape index (κ2) is 9.33. The third-order valence-corrected chi connectivity index (χ3v) is 4.28. The van der Waals surface area contributed by atoms with E-state index < -0.39 is 11.6 Å². The van der Waals surface area contributed by atoms with Gasteiger partial charge in [-0.1, -0.05) is 13.8 Å². The van der Waals surface area contributed by atoms with E-state index in [4.69, 9.17) is 0 Å². The lowest BCUT2D eigenvalue weighted by atomic mass is 10.1. The van der Waals surface area contributed by atoms with Crippen molar-refractivity contribution in [3.63, 3.8) is 0 Å². The number of aromatic nitrogens is 2. The number of carbonyl (C=O) groups is 2. The zero-order valence-corrected chi connectivity index (χ0v) is 15.2. The lowest BCUT2D eigenvalue weighted by molar-refractivity contribution is -0.134. The van der Waals surface area contributed by atoms with Gasteiger partial charge in [0.1, 0.15) is 5.82 Å². The maximum atomic E-state index is 12.2. The van der Waals surface area contributed by atoms with Crippen LogP contribution >= 0.6 is 0 Å². The Morgan fingerprint density at radius 1 is 1.46 bits per heavy atom. The minimum absolute atomic E-state index is 0.0912. The van der Waals surface area contributed by atoms with Crippen molar-refractivity contribution in [2.24, 2.45) is 5.92 Å². The van der Waals surface area contributed by atoms with E-state index in [1.807, 2.05) is 0 Å². The predicted molar refractivity (Wildman–Crippen MR) is 95.7 cm³/mol. The van der Waals surface area contributed by atoms with Gasteiger partial charge in [-0.2, -0.15) is 0 Å². The molecule has 0 aliphatic carbocycles. The van der Waals surface area contributed by atoms with Gasteiger partial charge in [-0.25, -0.2) is 4.98 Å². The molecule has 0 bridgehead atoms. The van der Waals surface area contributed by atoms with Crippen molar-refractivity contribution in [2.75, 3.05) is 26.2 Å². The van der Waals surface area contributed by atoms with Gasteiger partial charge in [0.25, 0.3) is 5.56 Å². The molecule has 1 aromatic heterocycles. The molecule has 1 aromatic rings. The highest BCUT2D eigenvalue weighted by molar-refractivity contribution is 5.88. The van der Waals surface area contributed by atoms with E-state index in [2.05, 4.69) is 39.3 Å². The Morgan fingerprint density at radius 2 is 2.23 bits per heavy atom. The highest BCUT2D eigenvalue weighted by Gasteiger charge is 2.31.